The largest absolute Gasteiger partial charge is 0.363 e. The van der Waals surface area contributed by atoms with Crippen molar-refractivity contribution in [1.82, 2.24) is 19.4 Å². The van der Waals surface area contributed by atoms with E-state index in [4.69, 9.17) is 0 Å². The summed E-state index contributed by atoms with van der Waals surface area (Å²) in [4.78, 5) is 13.1. The van der Waals surface area contributed by atoms with Crippen LogP contribution in [-0.4, -0.2) is 19.4 Å². The molecule has 0 unspecified atom stereocenters. The van der Waals surface area contributed by atoms with Crippen LogP contribution in [0.15, 0.2) is 85.6 Å². The van der Waals surface area contributed by atoms with Crippen LogP contribution in [-0.2, 0) is 6.54 Å². The van der Waals surface area contributed by atoms with Crippen molar-refractivity contribution >= 4 is 22.2 Å². The molecule has 27 heavy (non-hydrogen) atoms. The molecule has 0 saturated carbocycles. The molecule has 5 rings (SSSR count). The summed E-state index contributed by atoms with van der Waals surface area (Å²) >= 11 is 0. The van der Waals surface area contributed by atoms with Crippen molar-refractivity contribution in [2.45, 2.75) is 6.54 Å². The zero-order valence-electron chi connectivity index (χ0n) is 14.6. The molecule has 0 spiro atoms. The maximum atomic E-state index is 4.61. The van der Waals surface area contributed by atoms with Crippen molar-refractivity contribution < 1.29 is 0 Å². The van der Waals surface area contributed by atoms with Gasteiger partial charge in [-0.1, -0.05) is 36.4 Å². The quantitative estimate of drug-likeness (QED) is 0.516. The first-order chi connectivity index (χ1) is 13.4. The summed E-state index contributed by atoms with van der Waals surface area (Å²) in [5.41, 5.74) is 4.14. The topological polar surface area (TPSA) is 55.1 Å². The normalized spacial score (nSPS) is 11.1. The molecule has 0 fully saturated rings. The van der Waals surface area contributed by atoms with Crippen molar-refractivity contribution in [2.24, 2.45) is 0 Å². The lowest BCUT2D eigenvalue weighted by Crippen LogP contribution is -2.04. The first-order valence-electron chi connectivity index (χ1n) is 8.82. The molecule has 0 saturated heterocycles. The summed E-state index contributed by atoms with van der Waals surface area (Å²) in [6.45, 7) is 0.674. The number of hydrogen-bond donors (Lipinski definition) is 1. The van der Waals surface area contributed by atoms with Crippen molar-refractivity contribution in [3.8, 4) is 11.3 Å². The van der Waals surface area contributed by atoms with Crippen LogP contribution in [0.5, 0.6) is 0 Å². The number of benzene rings is 2. The SMILES string of the molecule is c1ccc2cc(-c3cnc4c(NCc5ccncc5)nccn34)ccc2c1. The molecule has 2 aromatic carbocycles. The fourth-order valence-corrected chi connectivity index (χ4v) is 3.29. The van der Waals surface area contributed by atoms with Crippen molar-refractivity contribution in [2.75, 3.05) is 5.32 Å². The first-order valence-corrected chi connectivity index (χ1v) is 8.82. The van der Waals surface area contributed by atoms with Gasteiger partial charge in [0.1, 0.15) is 0 Å². The van der Waals surface area contributed by atoms with Crippen molar-refractivity contribution in [3.05, 3.63) is 91.1 Å². The number of nitrogens with zero attached hydrogens (tertiary/aromatic N) is 4. The highest BCUT2D eigenvalue weighted by Crippen LogP contribution is 2.26. The number of anilines is 1. The Morgan fingerprint density at radius 2 is 1.70 bits per heavy atom. The standard InChI is InChI=1S/C22H17N5/c1-2-4-18-13-19(6-5-17(18)3-1)20-15-26-22-21(24-11-12-27(20)22)25-14-16-7-9-23-10-8-16/h1-13,15H,14H2,(H,24,25). The summed E-state index contributed by atoms with van der Waals surface area (Å²) in [7, 11) is 0. The van der Waals surface area contributed by atoms with Gasteiger partial charge in [0, 0.05) is 36.9 Å². The Morgan fingerprint density at radius 3 is 2.59 bits per heavy atom. The maximum Gasteiger partial charge on any atom is 0.180 e. The average molecular weight is 351 g/mol. The lowest BCUT2D eigenvalue weighted by Gasteiger charge is -2.08. The molecule has 0 radical (unpaired) electrons. The van der Waals surface area contributed by atoms with Crippen LogP contribution < -0.4 is 5.32 Å². The van der Waals surface area contributed by atoms with Crippen LogP contribution in [0.25, 0.3) is 27.7 Å². The van der Waals surface area contributed by atoms with Gasteiger partial charge in [-0.3, -0.25) is 9.38 Å². The summed E-state index contributed by atoms with van der Waals surface area (Å²) in [6, 6.07) is 18.8. The van der Waals surface area contributed by atoms with Gasteiger partial charge in [-0.15, -0.1) is 0 Å². The van der Waals surface area contributed by atoms with Crippen molar-refractivity contribution in [3.63, 3.8) is 0 Å². The van der Waals surface area contributed by atoms with Gasteiger partial charge in [0.25, 0.3) is 0 Å². The first kappa shape index (κ1) is 15.5. The van der Waals surface area contributed by atoms with E-state index in [1.807, 2.05) is 24.5 Å². The molecule has 0 amide bonds. The van der Waals surface area contributed by atoms with Gasteiger partial charge in [-0.2, -0.15) is 0 Å². The molecule has 0 atom stereocenters. The van der Waals surface area contributed by atoms with E-state index in [9.17, 15) is 0 Å². The van der Waals surface area contributed by atoms with Crippen LogP contribution >= 0.6 is 0 Å². The zero-order valence-corrected chi connectivity index (χ0v) is 14.6. The molecule has 1 N–H and O–H groups in total. The molecule has 0 bridgehead atoms. The number of imidazole rings is 1. The second kappa shape index (κ2) is 6.53. The minimum Gasteiger partial charge on any atom is -0.363 e. The van der Waals surface area contributed by atoms with Gasteiger partial charge in [0.2, 0.25) is 0 Å². The number of fused-ring (bicyclic) bond motifs is 2. The Labute approximate surface area is 156 Å². The molecular formula is C22H17N5. The van der Waals surface area contributed by atoms with E-state index in [-0.39, 0.29) is 0 Å². The monoisotopic (exact) mass is 351 g/mol. The molecule has 5 heteroatoms. The average Bonchev–Trinajstić information content (AvgIpc) is 3.17. The third-order valence-corrected chi connectivity index (χ3v) is 4.68. The van der Waals surface area contributed by atoms with Gasteiger partial charge < -0.3 is 5.32 Å². The fourth-order valence-electron chi connectivity index (χ4n) is 3.29. The van der Waals surface area contributed by atoms with Gasteiger partial charge in [0.05, 0.1) is 11.9 Å². The Morgan fingerprint density at radius 1 is 0.852 bits per heavy atom. The third-order valence-electron chi connectivity index (χ3n) is 4.68. The van der Waals surface area contributed by atoms with Crippen LogP contribution in [0.2, 0.25) is 0 Å². The predicted molar refractivity (Wildman–Crippen MR) is 107 cm³/mol. The minimum atomic E-state index is 0.674. The molecule has 0 aliphatic carbocycles. The summed E-state index contributed by atoms with van der Waals surface area (Å²) in [6.07, 6.45) is 9.23. The number of pyridine rings is 1. The maximum absolute atomic E-state index is 4.61. The van der Waals surface area contributed by atoms with Crippen LogP contribution in [0.1, 0.15) is 5.56 Å². The van der Waals surface area contributed by atoms with Gasteiger partial charge in [0.15, 0.2) is 11.5 Å². The predicted octanol–water partition coefficient (Wildman–Crippen LogP) is 4.56. The smallest absolute Gasteiger partial charge is 0.180 e. The molecule has 3 heterocycles. The molecule has 3 aromatic heterocycles. The van der Waals surface area contributed by atoms with Crippen LogP contribution in [0.3, 0.4) is 0 Å². The highest BCUT2D eigenvalue weighted by atomic mass is 15.1. The van der Waals surface area contributed by atoms with Gasteiger partial charge >= 0.3 is 0 Å². The molecule has 130 valence electrons. The lowest BCUT2D eigenvalue weighted by atomic mass is 10.1. The summed E-state index contributed by atoms with van der Waals surface area (Å²) in [5.74, 6) is 0.765. The third kappa shape index (κ3) is 2.89. The summed E-state index contributed by atoms with van der Waals surface area (Å²) < 4.78 is 2.08. The van der Waals surface area contributed by atoms with E-state index in [0.29, 0.717) is 6.54 Å². The number of nitrogens with one attached hydrogen (secondary N) is 1. The van der Waals surface area contributed by atoms with Crippen LogP contribution in [0, 0.1) is 0 Å². The molecule has 0 aliphatic rings. The number of hydrogen-bond acceptors (Lipinski definition) is 4. The van der Waals surface area contributed by atoms with E-state index < -0.39 is 0 Å². The van der Waals surface area contributed by atoms with Gasteiger partial charge in [-0.25, -0.2) is 9.97 Å². The molecule has 0 aliphatic heterocycles. The van der Waals surface area contributed by atoms with E-state index in [2.05, 4.69) is 67.1 Å². The van der Waals surface area contributed by atoms with E-state index >= 15 is 0 Å². The Hall–Kier alpha value is -3.73. The fraction of sp³-hybridized carbons (Fsp3) is 0.0455. The lowest BCUT2D eigenvalue weighted by molar-refractivity contribution is 1.07. The molecule has 5 nitrogen and oxygen atoms in total. The molecular weight excluding hydrogens is 334 g/mol. The van der Waals surface area contributed by atoms with E-state index in [1.54, 1.807) is 18.6 Å². The number of aromatic nitrogens is 4. The Balaban J connectivity index is 1.52. The van der Waals surface area contributed by atoms with Gasteiger partial charge in [-0.05, 0) is 34.5 Å². The van der Waals surface area contributed by atoms with E-state index in [1.165, 1.54) is 10.8 Å². The van der Waals surface area contributed by atoms with Crippen molar-refractivity contribution in [1.29, 1.82) is 0 Å². The minimum absolute atomic E-state index is 0.674. The summed E-state index contributed by atoms with van der Waals surface area (Å²) in [5, 5.41) is 5.83. The molecule has 5 aromatic rings. The Bertz CT molecular complexity index is 1230. The zero-order chi connectivity index (χ0) is 18.1. The van der Waals surface area contributed by atoms with E-state index in [0.717, 1.165) is 28.3 Å². The van der Waals surface area contributed by atoms with Crippen LogP contribution in [0.4, 0.5) is 5.82 Å². The highest BCUT2D eigenvalue weighted by Gasteiger charge is 2.10. The second-order valence-corrected chi connectivity index (χ2v) is 6.38. The Kier molecular flexibility index (Phi) is 3.76. The number of rotatable bonds is 4. The second-order valence-electron chi connectivity index (χ2n) is 6.38. The highest BCUT2D eigenvalue weighted by molar-refractivity contribution is 5.87.